The summed E-state index contributed by atoms with van der Waals surface area (Å²) in [5, 5.41) is 2.96. The number of likely N-dealkylation sites (tertiary alicyclic amines) is 1. The number of halogens is 1. The van der Waals surface area contributed by atoms with Crippen molar-refractivity contribution < 1.29 is 18.7 Å². The van der Waals surface area contributed by atoms with Crippen LogP contribution in [0.3, 0.4) is 0 Å². The number of nitrogens with one attached hydrogen (secondary N) is 1. The average molecular weight is 426 g/mol. The second-order valence-electron chi connectivity index (χ2n) is 8.08. The second-order valence-corrected chi connectivity index (χ2v) is 8.08. The second kappa shape index (κ2) is 10.7. The smallest absolute Gasteiger partial charge is 0.244 e. The van der Waals surface area contributed by atoms with Crippen molar-refractivity contribution in [1.82, 2.24) is 15.2 Å². The largest absolute Gasteiger partial charge is 0.453 e. The number of carbonyl (C=O) groups excluding carboxylic acids is 2. The van der Waals surface area contributed by atoms with E-state index < -0.39 is 5.82 Å². The van der Waals surface area contributed by atoms with E-state index in [1.165, 1.54) is 24.4 Å². The van der Waals surface area contributed by atoms with E-state index in [2.05, 4.69) is 10.3 Å². The van der Waals surface area contributed by atoms with Crippen molar-refractivity contribution in [3.8, 4) is 11.5 Å². The van der Waals surface area contributed by atoms with Crippen LogP contribution in [0, 0.1) is 11.7 Å². The zero-order chi connectivity index (χ0) is 22.2. The maximum absolute atomic E-state index is 14.3. The highest BCUT2D eigenvalue weighted by molar-refractivity contribution is 5.92. The Morgan fingerprint density at radius 1 is 1.29 bits per heavy atom. The Hall–Kier alpha value is -3.22. The molecule has 0 atom stereocenters. The van der Waals surface area contributed by atoms with Crippen molar-refractivity contribution in [3.63, 3.8) is 0 Å². The number of rotatable bonds is 7. The Kier molecular flexibility index (Phi) is 7.76. The lowest BCUT2D eigenvalue weighted by Crippen LogP contribution is -2.46. The standard InChI is InChI=1S/C24H28FN3O3/c1-17(2)14-24(30)28-12-9-19(10-13-28)27-23(29)8-6-18-5-7-22(21(25)15-18)31-20-4-3-11-26-16-20/h3-8,11,15-17,19H,9-10,12-14H2,1-2H3,(H,27,29)/b8-6+. The van der Waals surface area contributed by atoms with Crippen LogP contribution in [0.4, 0.5) is 4.39 Å². The predicted molar refractivity (Wildman–Crippen MR) is 117 cm³/mol. The number of hydrogen-bond donors (Lipinski definition) is 1. The Labute approximate surface area is 182 Å². The van der Waals surface area contributed by atoms with E-state index in [-0.39, 0.29) is 23.6 Å². The first kappa shape index (κ1) is 22.5. The fourth-order valence-electron chi connectivity index (χ4n) is 3.41. The summed E-state index contributed by atoms with van der Waals surface area (Å²) in [6.45, 7) is 5.38. The van der Waals surface area contributed by atoms with Gasteiger partial charge in [0.1, 0.15) is 5.75 Å². The molecule has 7 heteroatoms. The first-order chi connectivity index (χ1) is 14.9. The number of nitrogens with zero attached hydrogens (tertiary/aromatic N) is 2. The van der Waals surface area contributed by atoms with E-state index in [0.29, 0.717) is 36.7 Å². The molecule has 0 bridgehead atoms. The summed E-state index contributed by atoms with van der Waals surface area (Å²) in [6, 6.07) is 7.94. The molecule has 0 radical (unpaired) electrons. The Balaban J connectivity index is 1.48. The number of ether oxygens (including phenoxy) is 1. The van der Waals surface area contributed by atoms with Gasteiger partial charge < -0.3 is 15.0 Å². The summed E-state index contributed by atoms with van der Waals surface area (Å²) >= 11 is 0. The van der Waals surface area contributed by atoms with Crippen molar-refractivity contribution in [1.29, 1.82) is 0 Å². The van der Waals surface area contributed by atoms with Gasteiger partial charge in [0.05, 0.1) is 6.20 Å². The van der Waals surface area contributed by atoms with Crippen LogP contribution in [0.15, 0.2) is 48.8 Å². The highest BCUT2D eigenvalue weighted by atomic mass is 19.1. The Morgan fingerprint density at radius 3 is 2.71 bits per heavy atom. The minimum atomic E-state index is -0.523. The number of benzene rings is 1. The molecule has 164 valence electrons. The van der Waals surface area contributed by atoms with Crippen LogP contribution >= 0.6 is 0 Å². The molecule has 0 aliphatic carbocycles. The summed E-state index contributed by atoms with van der Waals surface area (Å²) in [4.78, 5) is 30.2. The molecule has 1 saturated heterocycles. The van der Waals surface area contributed by atoms with Gasteiger partial charge in [-0.2, -0.15) is 0 Å². The molecular formula is C24H28FN3O3. The molecule has 2 amide bonds. The van der Waals surface area contributed by atoms with E-state index in [0.717, 1.165) is 12.8 Å². The Bertz CT molecular complexity index is 923. The van der Waals surface area contributed by atoms with Gasteiger partial charge in [0.15, 0.2) is 11.6 Å². The van der Waals surface area contributed by atoms with Crippen LogP contribution in [0.2, 0.25) is 0 Å². The fourth-order valence-corrected chi connectivity index (χ4v) is 3.41. The minimum Gasteiger partial charge on any atom is -0.453 e. The molecule has 2 heterocycles. The first-order valence-electron chi connectivity index (χ1n) is 10.5. The lowest BCUT2D eigenvalue weighted by atomic mass is 10.0. The van der Waals surface area contributed by atoms with Crippen molar-refractivity contribution >= 4 is 17.9 Å². The third kappa shape index (κ3) is 6.91. The van der Waals surface area contributed by atoms with Crippen molar-refractivity contribution in [2.75, 3.05) is 13.1 Å². The summed E-state index contributed by atoms with van der Waals surface area (Å²) in [5.74, 6) is 0.302. The molecule has 0 unspecified atom stereocenters. The number of aromatic nitrogens is 1. The quantitative estimate of drug-likeness (QED) is 0.676. The SMILES string of the molecule is CC(C)CC(=O)N1CCC(NC(=O)/C=C/c2ccc(Oc3cccnc3)c(F)c2)CC1. The van der Waals surface area contributed by atoms with Gasteiger partial charge in [0, 0.05) is 37.8 Å². The number of carbonyl (C=O) groups is 2. The molecule has 1 aromatic heterocycles. The van der Waals surface area contributed by atoms with E-state index in [4.69, 9.17) is 4.74 Å². The van der Waals surface area contributed by atoms with Gasteiger partial charge in [-0.3, -0.25) is 14.6 Å². The van der Waals surface area contributed by atoms with Gasteiger partial charge in [-0.05, 0) is 54.7 Å². The highest BCUT2D eigenvalue weighted by Gasteiger charge is 2.23. The molecule has 3 rings (SSSR count). The molecule has 1 N–H and O–H groups in total. The van der Waals surface area contributed by atoms with Crippen LogP contribution in [-0.4, -0.2) is 40.8 Å². The molecule has 1 aliphatic heterocycles. The minimum absolute atomic E-state index is 0.0345. The number of piperidine rings is 1. The van der Waals surface area contributed by atoms with Crippen LogP contribution in [-0.2, 0) is 9.59 Å². The van der Waals surface area contributed by atoms with E-state index >= 15 is 0 Å². The molecule has 6 nitrogen and oxygen atoms in total. The van der Waals surface area contributed by atoms with E-state index in [1.54, 1.807) is 30.5 Å². The number of pyridine rings is 1. The molecular weight excluding hydrogens is 397 g/mol. The molecule has 31 heavy (non-hydrogen) atoms. The monoisotopic (exact) mass is 425 g/mol. The third-order valence-corrected chi connectivity index (χ3v) is 5.02. The molecule has 1 aliphatic rings. The molecule has 0 spiro atoms. The van der Waals surface area contributed by atoms with Crippen molar-refractivity contribution in [2.45, 2.75) is 39.2 Å². The molecule has 1 aromatic carbocycles. The first-order valence-corrected chi connectivity index (χ1v) is 10.5. The number of amides is 2. The number of hydrogen-bond acceptors (Lipinski definition) is 4. The normalized spacial score (nSPS) is 14.8. The summed E-state index contributed by atoms with van der Waals surface area (Å²) < 4.78 is 19.8. The lowest BCUT2D eigenvalue weighted by Gasteiger charge is -2.32. The van der Waals surface area contributed by atoms with Gasteiger partial charge in [-0.15, -0.1) is 0 Å². The van der Waals surface area contributed by atoms with Gasteiger partial charge >= 0.3 is 0 Å². The topological polar surface area (TPSA) is 71.5 Å². The van der Waals surface area contributed by atoms with Gasteiger partial charge in [0.25, 0.3) is 0 Å². The van der Waals surface area contributed by atoms with Crippen molar-refractivity contribution in [2.24, 2.45) is 5.92 Å². The van der Waals surface area contributed by atoms with E-state index in [9.17, 15) is 14.0 Å². The predicted octanol–water partition coefficient (Wildman–Crippen LogP) is 4.18. The van der Waals surface area contributed by atoms with Gasteiger partial charge in [0.2, 0.25) is 11.8 Å². The summed E-state index contributed by atoms with van der Waals surface area (Å²) in [5.41, 5.74) is 0.556. The van der Waals surface area contributed by atoms with Crippen LogP contribution < -0.4 is 10.1 Å². The van der Waals surface area contributed by atoms with Gasteiger partial charge in [-0.25, -0.2) is 4.39 Å². The maximum atomic E-state index is 14.3. The average Bonchev–Trinajstić information content (AvgIpc) is 2.75. The van der Waals surface area contributed by atoms with Crippen LogP contribution in [0.25, 0.3) is 6.08 Å². The van der Waals surface area contributed by atoms with Crippen LogP contribution in [0.5, 0.6) is 11.5 Å². The zero-order valence-electron chi connectivity index (χ0n) is 17.9. The highest BCUT2D eigenvalue weighted by Crippen LogP contribution is 2.24. The third-order valence-electron chi connectivity index (χ3n) is 5.02. The van der Waals surface area contributed by atoms with Crippen LogP contribution in [0.1, 0.15) is 38.7 Å². The fraction of sp³-hybridized carbons (Fsp3) is 0.375. The zero-order valence-corrected chi connectivity index (χ0v) is 17.9. The van der Waals surface area contributed by atoms with Crippen molar-refractivity contribution in [3.05, 3.63) is 60.2 Å². The maximum Gasteiger partial charge on any atom is 0.244 e. The van der Waals surface area contributed by atoms with Gasteiger partial charge in [-0.1, -0.05) is 19.9 Å². The molecule has 0 saturated carbocycles. The summed E-state index contributed by atoms with van der Waals surface area (Å²) in [6.07, 6.45) is 8.10. The van der Waals surface area contributed by atoms with E-state index in [1.807, 2.05) is 18.7 Å². The molecule has 2 aromatic rings. The summed E-state index contributed by atoms with van der Waals surface area (Å²) in [7, 11) is 0. The Morgan fingerprint density at radius 2 is 2.06 bits per heavy atom. The lowest BCUT2D eigenvalue weighted by molar-refractivity contribution is -0.133. The molecule has 1 fully saturated rings.